The Morgan fingerprint density at radius 2 is 2.10 bits per heavy atom. The lowest BCUT2D eigenvalue weighted by Gasteiger charge is -2.19. The van der Waals surface area contributed by atoms with E-state index < -0.39 is 0 Å². The first kappa shape index (κ1) is 16.1. The fourth-order valence-corrected chi connectivity index (χ4v) is 4.10. The van der Waals surface area contributed by atoms with Crippen molar-refractivity contribution in [3.8, 4) is 0 Å². The topological polar surface area (TPSA) is 12.0 Å². The number of halogens is 3. The van der Waals surface area contributed by atoms with Crippen LogP contribution in [0, 0.1) is 5.82 Å². The summed E-state index contributed by atoms with van der Waals surface area (Å²) < 4.78 is 15.5. The van der Waals surface area contributed by atoms with E-state index in [9.17, 15) is 4.39 Å². The van der Waals surface area contributed by atoms with Crippen LogP contribution in [0.1, 0.15) is 29.8 Å². The molecule has 108 valence electrons. The Kier molecular flexibility index (Phi) is 6.20. The predicted octanol–water partition coefficient (Wildman–Crippen LogP) is 5.70. The minimum atomic E-state index is -0.206. The summed E-state index contributed by atoms with van der Waals surface area (Å²) in [6.07, 6.45) is 1.91. The fraction of sp³-hybridized carbons (Fsp3) is 0.333. The molecule has 0 radical (unpaired) electrons. The van der Waals surface area contributed by atoms with Crippen molar-refractivity contribution in [3.05, 3.63) is 54.8 Å². The molecule has 0 spiro atoms. The molecule has 5 heteroatoms. The Labute approximate surface area is 139 Å². The maximum atomic E-state index is 13.6. The van der Waals surface area contributed by atoms with E-state index in [0.29, 0.717) is 0 Å². The standard InChI is InChI=1S/C15H16Br2FNS/c1-2-4-19-14(9-15-13(17)3-5-20-15)10-6-11(16)8-12(18)7-10/h3,5-8,14,19H,2,4,9H2,1H3. The number of hydrogen-bond acceptors (Lipinski definition) is 2. The van der Waals surface area contributed by atoms with E-state index in [1.165, 1.54) is 10.9 Å². The SMILES string of the molecule is CCCNC(Cc1sccc1Br)c1cc(F)cc(Br)c1. The van der Waals surface area contributed by atoms with Crippen molar-refractivity contribution in [3.63, 3.8) is 0 Å². The largest absolute Gasteiger partial charge is 0.310 e. The van der Waals surface area contributed by atoms with E-state index >= 15 is 0 Å². The summed E-state index contributed by atoms with van der Waals surface area (Å²) in [5.41, 5.74) is 0.977. The van der Waals surface area contributed by atoms with E-state index in [1.54, 1.807) is 17.4 Å². The Bertz CT molecular complexity index is 551. The van der Waals surface area contributed by atoms with Gasteiger partial charge in [-0.2, -0.15) is 0 Å². The monoisotopic (exact) mass is 419 g/mol. The first-order valence-corrected chi connectivity index (χ1v) is 8.98. The number of nitrogens with one attached hydrogen (secondary N) is 1. The van der Waals surface area contributed by atoms with Crippen LogP contribution in [0.3, 0.4) is 0 Å². The Morgan fingerprint density at radius 1 is 1.30 bits per heavy atom. The van der Waals surface area contributed by atoms with Crippen LogP contribution in [0.15, 0.2) is 38.6 Å². The molecule has 1 unspecified atom stereocenters. The highest BCUT2D eigenvalue weighted by Crippen LogP contribution is 2.29. The Morgan fingerprint density at radius 3 is 2.70 bits per heavy atom. The lowest BCUT2D eigenvalue weighted by molar-refractivity contribution is 0.526. The second kappa shape index (κ2) is 7.69. The zero-order valence-corrected chi connectivity index (χ0v) is 15.1. The smallest absolute Gasteiger partial charge is 0.124 e. The summed E-state index contributed by atoms with van der Waals surface area (Å²) in [5.74, 6) is -0.206. The second-order valence-electron chi connectivity index (χ2n) is 4.61. The molecule has 0 aliphatic heterocycles. The van der Waals surface area contributed by atoms with Crippen molar-refractivity contribution in [2.24, 2.45) is 0 Å². The summed E-state index contributed by atoms with van der Waals surface area (Å²) in [5, 5.41) is 5.57. The van der Waals surface area contributed by atoms with Crippen molar-refractivity contribution in [2.45, 2.75) is 25.8 Å². The van der Waals surface area contributed by atoms with E-state index in [0.717, 1.165) is 33.9 Å². The van der Waals surface area contributed by atoms with Crippen molar-refractivity contribution in [1.82, 2.24) is 5.32 Å². The zero-order chi connectivity index (χ0) is 14.5. The van der Waals surface area contributed by atoms with Gasteiger partial charge in [0.25, 0.3) is 0 Å². The van der Waals surface area contributed by atoms with Gasteiger partial charge in [-0.25, -0.2) is 4.39 Å². The maximum Gasteiger partial charge on any atom is 0.124 e. The third-order valence-corrected chi connectivity index (χ3v) is 5.42. The minimum Gasteiger partial charge on any atom is -0.310 e. The van der Waals surface area contributed by atoms with Gasteiger partial charge >= 0.3 is 0 Å². The average Bonchev–Trinajstić information content (AvgIpc) is 2.78. The molecule has 0 aliphatic rings. The highest BCUT2D eigenvalue weighted by atomic mass is 79.9. The fourth-order valence-electron chi connectivity index (χ4n) is 2.06. The molecule has 1 N–H and O–H groups in total. The van der Waals surface area contributed by atoms with Crippen LogP contribution >= 0.6 is 43.2 Å². The van der Waals surface area contributed by atoms with Crippen molar-refractivity contribution < 1.29 is 4.39 Å². The number of rotatable bonds is 6. The third kappa shape index (κ3) is 4.38. The van der Waals surface area contributed by atoms with Crippen LogP contribution in [0.5, 0.6) is 0 Å². The summed E-state index contributed by atoms with van der Waals surface area (Å²) in [7, 11) is 0. The number of hydrogen-bond donors (Lipinski definition) is 1. The molecule has 0 saturated carbocycles. The van der Waals surface area contributed by atoms with Crippen molar-refractivity contribution in [2.75, 3.05) is 6.54 Å². The molecule has 1 aromatic carbocycles. The first-order chi connectivity index (χ1) is 9.60. The molecule has 1 nitrogen and oxygen atoms in total. The van der Waals surface area contributed by atoms with Crippen molar-refractivity contribution in [1.29, 1.82) is 0 Å². The van der Waals surface area contributed by atoms with Gasteiger partial charge in [0.05, 0.1) is 0 Å². The predicted molar refractivity (Wildman–Crippen MR) is 90.9 cm³/mol. The van der Waals surface area contributed by atoms with Crippen LogP contribution in [-0.4, -0.2) is 6.54 Å². The van der Waals surface area contributed by atoms with Crippen LogP contribution in [0.4, 0.5) is 4.39 Å². The van der Waals surface area contributed by atoms with Gasteiger partial charge in [-0.15, -0.1) is 11.3 Å². The van der Waals surface area contributed by atoms with Crippen LogP contribution in [0.25, 0.3) is 0 Å². The molecule has 1 atom stereocenters. The van der Waals surface area contributed by atoms with E-state index in [2.05, 4.69) is 55.5 Å². The quantitative estimate of drug-likeness (QED) is 0.632. The highest BCUT2D eigenvalue weighted by Gasteiger charge is 2.15. The third-order valence-electron chi connectivity index (χ3n) is 3.01. The summed E-state index contributed by atoms with van der Waals surface area (Å²) in [6, 6.07) is 7.26. The number of thiophene rings is 1. The summed E-state index contributed by atoms with van der Waals surface area (Å²) in [6.45, 7) is 3.05. The van der Waals surface area contributed by atoms with Crippen LogP contribution in [0.2, 0.25) is 0 Å². The van der Waals surface area contributed by atoms with Gasteiger partial charge in [0.1, 0.15) is 5.82 Å². The lowest BCUT2D eigenvalue weighted by Crippen LogP contribution is -2.24. The molecule has 0 saturated heterocycles. The van der Waals surface area contributed by atoms with Gasteiger partial charge in [0.2, 0.25) is 0 Å². The van der Waals surface area contributed by atoms with Crippen molar-refractivity contribution >= 4 is 43.2 Å². The molecule has 2 aromatic rings. The minimum absolute atomic E-state index is 0.122. The molecule has 0 aliphatic carbocycles. The molecular formula is C15H16Br2FNS. The van der Waals surface area contributed by atoms with E-state index in [-0.39, 0.29) is 11.9 Å². The molecule has 20 heavy (non-hydrogen) atoms. The maximum absolute atomic E-state index is 13.6. The summed E-state index contributed by atoms with van der Waals surface area (Å²) >= 11 is 8.65. The van der Waals surface area contributed by atoms with Gasteiger partial charge in [0, 0.05) is 26.3 Å². The van der Waals surface area contributed by atoms with E-state index in [4.69, 9.17) is 0 Å². The molecule has 0 amide bonds. The van der Waals surface area contributed by atoms with Gasteiger partial charge in [-0.3, -0.25) is 0 Å². The van der Waals surface area contributed by atoms with Crippen LogP contribution in [-0.2, 0) is 6.42 Å². The lowest BCUT2D eigenvalue weighted by atomic mass is 10.0. The molecule has 1 aromatic heterocycles. The Hall–Kier alpha value is -0.230. The molecule has 2 rings (SSSR count). The molecular weight excluding hydrogens is 405 g/mol. The molecule has 1 heterocycles. The Balaban J connectivity index is 2.24. The second-order valence-corrected chi connectivity index (χ2v) is 7.38. The molecule has 0 fully saturated rings. The average molecular weight is 421 g/mol. The van der Waals surface area contributed by atoms with Crippen LogP contribution < -0.4 is 5.32 Å². The first-order valence-electron chi connectivity index (χ1n) is 6.51. The highest BCUT2D eigenvalue weighted by molar-refractivity contribution is 9.10. The number of benzene rings is 1. The van der Waals surface area contributed by atoms with Gasteiger partial charge in [0.15, 0.2) is 0 Å². The van der Waals surface area contributed by atoms with E-state index in [1.807, 2.05) is 6.07 Å². The molecule has 0 bridgehead atoms. The zero-order valence-electron chi connectivity index (χ0n) is 11.1. The summed E-state index contributed by atoms with van der Waals surface area (Å²) in [4.78, 5) is 1.28. The van der Waals surface area contributed by atoms with Gasteiger partial charge in [-0.05, 0) is 64.1 Å². The normalized spacial score (nSPS) is 12.6. The van der Waals surface area contributed by atoms with Gasteiger partial charge < -0.3 is 5.32 Å². The van der Waals surface area contributed by atoms with Gasteiger partial charge in [-0.1, -0.05) is 22.9 Å².